The van der Waals surface area contributed by atoms with Gasteiger partial charge in [0.15, 0.2) is 0 Å². The number of ether oxygens (including phenoxy) is 1. The van der Waals surface area contributed by atoms with E-state index in [0.717, 1.165) is 30.2 Å². The van der Waals surface area contributed by atoms with Crippen molar-refractivity contribution in [2.45, 2.75) is 31.8 Å². The largest absolute Gasteiger partial charge is 0.489 e. The maximum atomic E-state index is 9.12. The average molecular weight is 310 g/mol. The predicted octanol–water partition coefficient (Wildman–Crippen LogP) is 3.25. The third kappa shape index (κ3) is 3.04. The Labute approximate surface area is 116 Å². The summed E-state index contributed by atoms with van der Waals surface area (Å²) in [5.74, 6) is 1.07. The number of halogens is 1. The van der Waals surface area contributed by atoms with Crippen LogP contribution in [0.2, 0.25) is 0 Å². The van der Waals surface area contributed by atoms with Crippen molar-refractivity contribution < 1.29 is 9.84 Å². The zero-order chi connectivity index (χ0) is 13.0. The van der Waals surface area contributed by atoms with E-state index in [0.29, 0.717) is 17.2 Å². The minimum Gasteiger partial charge on any atom is -0.489 e. The van der Waals surface area contributed by atoms with Gasteiger partial charge in [0, 0.05) is 11.1 Å². The summed E-state index contributed by atoms with van der Waals surface area (Å²) in [6.45, 7) is 0.271. The van der Waals surface area contributed by atoms with Crippen molar-refractivity contribution in [3.8, 4) is 11.8 Å². The van der Waals surface area contributed by atoms with Crippen molar-refractivity contribution in [3.05, 3.63) is 28.2 Å². The highest BCUT2D eigenvalue weighted by molar-refractivity contribution is 9.10. The fourth-order valence-corrected chi connectivity index (χ4v) is 2.76. The molecule has 0 atom stereocenters. The quantitative estimate of drug-likeness (QED) is 0.932. The Morgan fingerprint density at radius 2 is 2.06 bits per heavy atom. The van der Waals surface area contributed by atoms with Crippen LogP contribution in [-0.4, -0.2) is 17.8 Å². The lowest BCUT2D eigenvalue weighted by Gasteiger charge is -2.28. The summed E-state index contributed by atoms with van der Waals surface area (Å²) in [7, 11) is 0. The van der Waals surface area contributed by atoms with E-state index >= 15 is 0 Å². The van der Waals surface area contributed by atoms with E-state index in [2.05, 4.69) is 22.0 Å². The van der Waals surface area contributed by atoms with Crippen LogP contribution in [0.5, 0.6) is 5.75 Å². The molecule has 0 unspecified atom stereocenters. The van der Waals surface area contributed by atoms with Crippen LogP contribution in [0.15, 0.2) is 22.7 Å². The minimum atomic E-state index is 0.161. The van der Waals surface area contributed by atoms with E-state index in [1.807, 2.05) is 18.2 Å². The summed E-state index contributed by atoms with van der Waals surface area (Å²) < 4.78 is 6.69. The van der Waals surface area contributed by atoms with Gasteiger partial charge in [-0.1, -0.05) is 6.07 Å². The molecule has 0 amide bonds. The third-order valence-corrected chi connectivity index (χ3v) is 4.09. The van der Waals surface area contributed by atoms with Crippen LogP contribution in [0, 0.1) is 17.2 Å². The molecule has 96 valence electrons. The molecule has 1 aromatic rings. The Morgan fingerprint density at radius 3 is 2.67 bits per heavy atom. The van der Waals surface area contributed by atoms with Gasteiger partial charge in [0.25, 0.3) is 0 Å². The molecular weight excluding hydrogens is 294 g/mol. The second kappa shape index (κ2) is 6.21. The second-order valence-corrected chi connectivity index (χ2v) is 5.52. The number of hydrogen-bond acceptors (Lipinski definition) is 3. The molecule has 18 heavy (non-hydrogen) atoms. The van der Waals surface area contributed by atoms with E-state index < -0.39 is 0 Å². The summed E-state index contributed by atoms with van der Waals surface area (Å²) in [6.07, 6.45) is 4.05. The highest BCUT2D eigenvalue weighted by Gasteiger charge is 2.22. The van der Waals surface area contributed by atoms with Crippen LogP contribution in [0.4, 0.5) is 0 Å². The van der Waals surface area contributed by atoms with Gasteiger partial charge >= 0.3 is 0 Å². The van der Waals surface area contributed by atoms with Crippen molar-refractivity contribution in [2.24, 2.45) is 5.92 Å². The number of benzene rings is 1. The first kappa shape index (κ1) is 13.4. The molecule has 0 bridgehead atoms. The molecule has 1 aliphatic rings. The van der Waals surface area contributed by atoms with Gasteiger partial charge in [-0.25, -0.2) is 0 Å². The number of nitriles is 1. The number of aliphatic hydroxyl groups excluding tert-OH is 1. The Morgan fingerprint density at radius 1 is 1.33 bits per heavy atom. The predicted molar refractivity (Wildman–Crippen MR) is 72.3 cm³/mol. The lowest BCUT2D eigenvalue weighted by Crippen LogP contribution is -2.25. The number of hydrogen-bond donors (Lipinski definition) is 1. The molecule has 3 nitrogen and oxygen atoms in total. The summed E-state index contributed by atoms with van der Waals surface area (Å²) in [5, 5.41) is 18.2. The van der Waals surface area contributed by atoms with E-state index in [-0.39, 0.29) is 12.7 Å². The first-order valence-electron chi connectivity index (χ1n) is 6.20. The smallest absolute Gasteiger partial charge is 0.138 e. The molecule has 1 aliphatic carbocycles. The van der Waals surface area contributed by atoms with Crippen LogP contribution >= 0.6 is 15.9 Å². The summed E-state index contributed by atoms with van der Waals surface area (Å²) in [5.41, 5.74) is 0.557. The minimum absolute atomic E-state index is 0.161. The van der Waals surface area contributed by atoms with Crippen LogP contribution in [0.25, 0.3) is 0 Å². The fraction of sp³-hybridized carbons (Fsp3) is 0.500. The van der Waals surface area contributed by atoms with Gasteiger partial charge in [0.2, 0.25) is 0 Å². The molecule has 0 radical (unpaired) electrons. The van der Waals surface area contributed by atoms with Crippen molar-refractivity contribution in [3.63, 3.8) is 0 Å². The Kier molecular flexibility index (Phi) is 4.62. The molecule has 1 N–H and O–H groups in total. The highest BCUT2D eigenvalue weighted by Crippen LogP contribution is 2.31. The van der Waals surface area contributed by atoms with E-state index in [1.54, 1.807) is 0 Å². The molecule has 0 aromatic heterocycles. The molecule has 0 aliphatic heterocycles. The van der Waals surface area contributed by atoms with Crippen LogP contribution in [0.1, 0.15) is 31.2 Å². The van der Waals surface area contributed by atoms with Gasteiger partial charge < -0.3 is 9.84 Å². The summed E-state index contributed by atoms with van der Waals surface area (Å²) >= 11 is 3.36. The van der Waals surface area contributed by atoms with Crippen LogP contribution in [-0.2, 0) is 0 Å². The maximum absolute atomic E-state index is 9.12. The first-order chi connectivity index (χ1) is 8.74. The zero-order valence-electron chi connectivity index (χ0n) is 10.1. The topological polar surface area (TPSA) is 53.2 Å². The van der Waals surface area contributed by atoms with E-state index in [9.17, 15) is 0 Å². The number of nitrogens with zero attached hydrogens (tertiary/aromatic N) is 1. The van der Waals surface area contributed by atoms with Crippen molar-refractivity contribution in [2.75, 3.05) is 6.61 Å². The molecule has 0 spiro atoms. The SMILES string of the molecule is N#Cc1c(Br)cccc1OC1CCC(CO)CC1. The number of rotatable bonds is 3. The van der Waals surface area contributed by atoms with Gasteiger partial charge in [0.05, 0.1) is 6.10 Å². The first-order valence-corrected chi connectivity index (χ1v) is 7.00. The zero-order valence-corrected chi connectivity index (χ0v) is 11.7. The van der Waals surface area contributed by atoms with Crippen molar-refractivity contribution in [1.82, 2.24) is 0 Å². The van der Waals surface area contributed by atoms with E-state index in [4.69, 9.17) is 15.1 Å². The molecular formula is C14H16BrNO2. The monoisotopic (exact) mass is 309 g/mol. The summed E-state index contributed by atoms with van der Waals surface area (Å²) in [6, 6.07) is 7.71. The van der Waals surface area contributed by atoms with Gasteiger partial charge in [-0.05, 0) is 59.7 Å². The van der Waals surface area contributed by atoms with Crippen LogP contribution < -0.4 is 4.74 Å². The highest BCUT2D eigenvalue weighted by atomic mass is 79.9. The van der Waals surface area contributed by atoms with Gasteiger partial charge in [-0.3, -0.25) is 0 Å². The van der Waals surface area contributed by atoms with Gasteiger partial charge in [0.1, 0.15) is 17.4 Å². The normalized spacial score (nSPS) is 23.4. The molecule has 4 heteroatoms. The molecule has 1 aromatic carbocycles. The lowest BCUT2D eigenvalue weighted by molar-refractivity contribution is 0.104. The van der Waals surface area contributed by atoms with Gasteiger partial charge in [-0.2, -0.15) is 5.26 Å². The maximum Gasteiger partial charge on any atom is 0.138 e. The lowest BCUT2D eigenvalue weighted by atomic mass is 9.88. The average Bonchev–Trinajstić information content (AvgIpc) is 2.40. The van der Waals surface area contributed by atoms with Crippen LogP contribution in [0.3, 0.4) is 0 Å². The second-order valence-electron chi connectivity index (χ2n) is 4.67. The molecule has 0 heterocycles. The fourth-order valence-electron chi connectivity index (χ4n) is 2.32. The Hall–Kier alpha value is -1.05. The molecule has 1 saturated carbocycles. The third-order valence-electron chi connectivity index (χ3n) is 3.43. The van der Waals surface area contributed by atoms with Crippen molar-refractivity contribution >= 4 is 15.9 Å². The molecule has 2 rings (SSSR count). The Balaban J connectivity index is 2.03. The summed E-state index contributed by atoms with van der Waals surface area (Å²) in [4.78, 5) is 0. The standard InChI is InChI=1S/C14H16BrNO2/c15-13-2-1-3-14(12(13)8-16)18-11-6-4-10(9-17)5-7-11/h1-3,10-11,17H,4-7,9H2. The Bertz CT molecular complexity index is 448. The van der Waals surface area contributed by atoms with Crippen molar-refractivity contribution in [1.29, 1.82) is 5.26 Å². The molecule has 0 saturated heterocycles. The molecule has 1 fully saturated rings. The van der Waals surface area contributed by atoms with Gasteiger partial charge in [-0.15, -0.1) is 0 Å². The number of aliphatic hydroxyl groups is 1. The van der Waals surface area contributed by atoms with E-state index in [1.165, 1.54) is 0 Å².